The number of nitrogens with zero attached hydrogens (tertiary/aromatic N) is 3. The number of hydrogen-bond donors (Lipinski definition) is 1. The van der Waals surface area contributed by atoms with Gasteiger partial charge >= 0.3 is 5.97 Å². The zero-order valence-electron chi connectivity index (χ0n) is 14.0. The van der Waals surface area contributed by atoms with E-state index < -0.39 is 10.9 Å². The van der Waals surface area contributed by atoms with Crippen LogP contribution in [0.4, 0.5) is 11.4 Å². The maximum Gasteiger partial charge on any atom is 0.339 e. The second-order valence-corrected chi connectivity index (χ2v) is 6.79. The fraction of sp³-hybridized carbons (Fsp3) is 0.118. The van der Waals surface area contributed by atoms with Crippen LogP contribution in [0.5, 0.6) is 0 Å². The summed E-state index contributed by atoms with van der Waals surface area (Å²) in [5.41, 5.74) is 0.762. The van der Waals surface area contributed by atoms with Gasteiger partial charge in [-0.15, -0.1) is 10.2 Å². The Labute approximate surface area is 162 Å². The number of nitro benzene ring substituents is 1. The number of carbonyl (C=O) groups is 1. The number of carbonyl (C=O) groups excluding carboxylic acids is 1. The number of methoxy groups -OCH3 is 1. The lowest BCUT2D eigenvalue weighted by Crippen LogP contribution is -2.07. The molecule has 0 atom stereocenters. The van der Waals surface area contributed by atoms with E-state index in [0.717, 1.165) is 16.6 Å². The van der Waals surface area contributed by atoms with Crippen molar-refractivity contribution in [2.75, 3.05) is 12.4 Å². The summed E-state index contributed by atoms with van der Waals surface area (Å²) in [5.74, 6) is -0.744. The van der Waals surface area contributed by atoms with Crippen LogP contribution >= 0.6 is 22.9 Å². The Kier molecular flexibility index (Phi) is 5.63. The molecular formula is C17H13ClN4O4S. The summed E-state index contributed by atoms with van der Waals surface area (Å²) in [5, 5.41) is 23.9. The zero-order valence-corrected chi connectivity index (χ0v) is 15.6. The van der Waals surface area contributed by atoms with Crippen molar-refractivity contribution in [2.45, 2.75) is 6.54 Å². The monoisotopic (exact) mass is 404 g/mol. The lowest BCUT2D eigenvalue weighted by molar-refractivity contribution is -0.384. The van der Waals surface area contributed by atoms with E-state index >= 15 is 0 Å². The van der Waals surface area contributed by atoms with Crippen LogP contribution in [0, 0.1) is 10.1 Å². The molecule has 0 spiro atoms. The van der Waals surface area contributed by atoms with Gasteiger partial charge in [0.25, 0.3) is 5.69 Å². The van der Waals surface area contributed by atoms with E-state index in [1.165, 1.54) is 24.5 Å². The molecule has 3 aromatic rings. The minimum atomic E-state index is -0.744. The molecule has 10 heteroatoms. The summed E-state index contributed by atoms with van der Waals surface area (Å²) in [6.45, 7) is 0.221. The minimum Gasteiger partial charge on any atom is -0.465 e. The van der Waals surface area contributed by atoms with E-state index in [1.807, 2.05) is 30.3 Å². The molecule has 0 unspecified atom stereocenters. The highest BCUT2D eigenvalue weighted by atomic mass is 35.5. The number of hydrogen-bond acceptors (Lipinski definition) is 8. The van der Waals surface area contributed by atoms with Crippen molar-refractivity contribution in [1.29, 1.82) is 0 Å². The highest BCUT2D eigenvalue weighted by Gasteiger charge is 2.22. The van der Waals surface area contributed by atoms with Crippen LogP contribution in [0.3, 0.4) is 0 Å². The smallest absolute Gasteiger partial charge is 0.339 e. The normalized spacial score (nSPS) is 10.4. The molecule has 0 fully saturated rings. The van der Waals surface area contributed by atoms with Crippen LogP contribution in [0.2, 0.25) is 5.02 Å². The first-order chi connectivity index (χ1) is 13.0. The van der Waals surface area contributed by atoms with Crippen LogP contribution in [-0.2, 0) is 11.3 Å². The number of nitro groups is 1. The Morgan fingerprint density at radius 3 is 2.70 bits per heavy atom. The fourth-order valence-electron chi connectivity index (χ4n) is 2.31. The first kappa shape index (κ1) is 18.7. The second kappa shape index (κ2) is 8.11. The van der Waals surface area contributed by atoms with Gasteiger partial charge in [-0.2, -0.15) is 0 Å². The molecule has 0 aliphatic carbocycles. The minimum absolute atomic E-state index is 0.0530. The molecule has 0 radical (unpaired) electrons. The number of nitrogens with one attached hydrogen (secondary N) is 1. The molecule has 0 saturated heterocycles. The van der Waals surface area contributed by atoms with Crippen LogP contribution in [0.25, 0.3) is 10.6 Å². The van der Waals surface area contributed by atoms with Gasteiger partial charge in [0.05, 0.1) is 29.2 Å². The van der Waals surface area contributed by atoms with Gasteiger partial charge in [-0.3, -0.25) is 10.1 Å². The first-order valence-corrected chi connectivity index (χ1v) is 8.87. The molecule has 27 heavy (non-hydrogen) atoms. The highest BCUT2D eigenvalue weighted by Crippen LogP contribution is 2.32. The highest BCUT2D eigenvalue weighted by molar-refractivity contribution is 7.14. The van der Waals surface area contributed by atoms with Crippen molar-refractivity contribution < 1.29 is 14.5 Å². The quantitative estimate of drug-likeness (QED) is 0.373. The number of esters is 1. The number of aromatic nitrogens is 2. The van der Waals surface area contributed by atoms with Crippen LogP contribution in [0.1, 0.15) is 15.4 Å². The van der Waals surface area contributed by atoms with Crippen molar-refractivity contribution in [2.24, 2.45) is 0 Å². The van der Waals surface area contributed by atoms with Gasteiger partial charge in [0.2, 0.25) is 0 Å². The first-order valence-electron chi connectivity index (χ1n) is 7.67. The number of benzene rings is 2. The molecule has 1 heterocycles. The molecular weight excluding hydrogens is 392 g/mol. The Balaban J connectivity index is 1.82. The van der Waals surface area contributed by atoms with Gasteiger partial charge in [-0.1, -0.05) is 53.3 Å². The largest absolute Gasteiger partial charge is 0.465 e. The Morgan fingerprint density at radius 1 is 1.30 bits per heavy atom. The lowest BCUT2D eigenvalue weighted by atomic mass is 10.1. The topological polar surface area (TPSA) is 107 Å². The van der Waals surface area contributed by atoms with Gasteiger partial charge in [-0.25, -0.2) is 4.79 Å². The maximum atomic E-state index is 11.7. The predicted molar refractivity (Wildman–Crippen MR) is 102 cm³/mol. The van der Waals surface area contributed by atoms with Gasteiger partial charge in [0.15, 0.2) is 0 Å². The molecule has 0 saturated carbocycles. The molecule has 2 aromatic carbocycles. The van der Waals surface area contributed by atoms with Gasteiger partial charge < -0.3 is 10.1 Å². The summed E-state index contributed by atoms with van der Waals surface area (Å²) in [4.78, 5) is 22.4. The molecule has 1 aromatic heterocycles. The molecule has 8 nitrogen and oxygen atoms in total. The summed E-state index contributed by atoms with van der Waals surface area (Å²) in [7, 11) is 1.18. The summed E-state index contributed by atoms with van der Waals surface area (Å²) >= 11 is 7.43. The maximum absolute atomic E-state index is 11.7. The van der Waals surface area contributed by atoms with E-state index in [1.54, 1.807) is 0 Å². The molecule has 0 aliphatic heterocycles. The summed E-state index contributed by atoms with van der Waals surface area (Å²) in [6.07, 6.45) is 0. The van der Waals surface area contributed by atoms with Gasteiger partial charge in [0.1, 0.15) is 15.7 Å². The van der Waals surface area contributed by atoms with E-state index in [-0.39, 0.29) is 28.5 Å². The van der Waals surface area contributed by atoms with Gasteiger partial charge in [0, 0.05) is 11.6 Å². The molecule has 3 rings (SSSR count). The van der Waals surface area contributed by atoms with Crippen molar-refractivity contribution in [1.82, 2.24) is 10.2 Å². The van der Waals surface area contributed by atoms with Crippen LogP contribution < -0.4 is 5.32 Å². The molecule has 0 bridgehead atoms. The van der Waals surface area contributed by atoms with Crippen LogP contribution in [0.15, 0.2) is 42.5 Å². The number of halogens is 1. The molecule has 1 N–H and O–H groups in total. The van der Waals surface area contributed by atoms with Crippen LogP contribution in [-0.4, -0.2) is 28.2 Å². The molecule has 138 valence electrons. The van der Waals surface area contributed by atoms with Crippen molar-refractivity contribution >= 4 is 40.3 Å². The van der Waals surface area contributed by atoms with Gasteiger partial charge in [-0.05, 0) is 6.07 Å². The lowest BCUT2D eigenvalue weighted by Gasteiger charge is -2.08. The summed E-state index contributed by atoms with van der Waals surface area (Å²) < 4.78 is 4.58. The number of ether oxygens (including phenoxy) is 1. The third kappa shape index (κ3) is 4.21. The third-order valence-corrected chi connectivity index (χ3v) is 4.89. The SMILES string of the molecule is COC(=O)c1cc([N+](=O)[O-])c(NCc2nnc(-c3ccccc3)s2)cc1Cl. The number of rotatable bonds is 6. The van der Waals surface area contributed by atoms with E-state index in [2.05, 4.69) is 20.3 Å². The van der Waals surface area contributed by atoms with E-state index in [0.29, 0.717) is 5.01 Å². The van der Waals surface area contributed by atoms with E-state index in [9.17, 15) is 14.9 Å². The third-order valence-electron chi connectivity index (χ3n) is 3.61. The van der Waals surface area contributed by atoms with Crippen molar-refractivity contribution in [3.8, 4) is 10.6 Å². The Bertz CT molecular complexity index is 994. The standard InChI is InChI=1S/C17H13ClN4O4S/c1-26-17(23)11-7-14(22(24)25)13(8-12(11)18)19-9-15-20-21-16(27-15)10-5-3-2-4-6-10/h2-8,19H,9H2,1H3. The Morgan fingerprint density at radius 2 is 2.04 bits per heavy atom. The zero-order chi connectivity index (χ0) is 19.4. The average Bonchev–Trinajstić information content (AvgIpc) is 3.15. The molecule has 0 aliphatic rings. The fourth-order valence-corrected chi connectivity index (χ4v) is 3.34. The average molecular weight is 405 g/mol. The predicted octanol–water partition coefficient (Wildman–Crippen LogP) is 4.17. The van der Waals surface area contributed by atoms with Crippen molar-refractivity contribution in [3.05, 3.63) is 68.2 Å². The van der Waals surface area contributed by atoms with E-state index in [4.69, 9.17) is 11.6 Å². The Hall–Kier alpha value is -3.04. The number of anilines is 1. The second-order valence-electron chi connectivity index (χ2n) is 5.32. The van der Waals surface area contributed by atoms with Crippen molar-refractivity contribution in [3.63, 3.8) is 0 Å². The molecule has 0 amide bonds. The summed E-state index contributed by atoms with van der Waals surface area (Å²) in [6, 6.07) is 12.0.